The summed E-state index contributed by atoms with van der Waals surface area (Å²) in [4.78, 5) is 11.2. The number of carbonyl (C=O) groups is 1. The molecule has 0 spiro atoms. The molecule has 19 heavy (non-hydrogen) atoms. The van der Waals surface area contributed by atoms with E-state index in [0.717, 1.165) is 11.1 Å². The number of carboxylic acids is 1. The zero-order valence-electron chi connectivity index (χ0n) is 10.6. The molecule has 0 aliphatic carbocycles. The first-order valence-electron chi connectivity index (χ1n) is 5.76. The van der Waals surface area contributed by atoms with Crippen LogP contribution in [-0.2, 0) is 0 Å². The summed E-state index contributed by atoms with van der Waals surface area (Å²) >= 11 is 5.89. The SMILES string of the molecule is Cc1cccc(Oc2cc(Cl)ccc2C(=O)O)c1C. The minimum atomic E-state index is -1.04. The fraction of sp³-hybridized carbons (Fsp3) is 0.133. The second kappa shape index (κ2) is 5.33. The van der Waals surface area contributed by atoms with Crippen LogP contribution in [-0.4, -0.2) is 11.1 Å². The summed E-state index contributed by atoms with van der Waals surface area (Å²) in [7, 11) is 0. The Labute approximate surface area is 116 Å². The van der Waals surface area contributed by atoms with Crippen molar-refractivity contribution in [2.75, 3.05) is 0 Å². The molecule has 4 heteroatoms. The Kier molecular flexibility index (Phi) is 3.76. The van der Waals surface area contributed by atoms with Gasteiger partial charge in [0.1, 0.15) is 17.1 Å². The average Bonchev–Trinajstić information content (AvgIpc) is 2.35. The summed E-state index contributed by atoms with van der Waals surface area (Å²) in [5, 5.41) is 9.57. The van der Waals surface area contributed by atoms with E-state index in [1.54, 1.807) is 6.07 Å². The Morgan fingerprint density at radius 1 is 1.16 bits per heavy atom. The van der Waals surface area contributed by atoms with Gasteiger partial charge in [-0.25, -0.2) is 4.79 Å². The summed E-state index contributed by atoms with van der Waals surface area (Å²) in [5.41, 5.74) is 2.14. The van der Waals surface area contributed by atoms with Gasteiger partial charge in [0.15, 0.2) is 0 Å². The quantitative estimate of drug-likeness (QED) is 0.901. The van der Waals surface area contributed by atoms with Gasteiger partial charge in [-0.2, -0.15) is 0 Å². The van der Waals surface area contributed by atoms with Crippen LogP contribution in [0.2, 0.25) is 5.02 Å². The lowest BCUT2D eigenvalue weighted by molar-refractivity contribution is 0.0694. The largest absolute Gasteiger partial charge is 0.478 e. The van der Waals surface area contributed by atoms with Crippen LogP contribution in [0.25, 0.3) is 0 Å². The molecule has 0 radical (unpaired) electrons. The topological polar surface area (TPSA) is 46.5 Å². The number of hydrogen-bond donors (Lipinski definition) is 1. The molecule has 3 nitrogen and oxygen atoms in total. The summed E-state index contributed by atoms with van der Waals surface area (Å²) in [6.07, 6.45) is 0. The highest BCUT2D eigenvalue weighted by Gasteiger charge is 2.13. The first-order valence-corrected chi connectivity index (χ1v) is 6.13. The highest BCUT2D eigenvalue weighted by molar-refractivity contribution is 6.30. The second-order valence-corrected chi connectivity index (χ2v) is 4.68. The highest BCUT2D eigenvalue weighted by atomic mass is 35.5. The van der Waals surface area contributed by atoms with Gasteiger partial charge in [-0.15, -0.1) is 0 Å². The predicted molar refractivity (Wildman–Crippen MR) is 74.4 cm³/mol. The number of aryl methyl sites for hydroxylation is 1. The van der Waals surface area contributed by atoms with Crippen molar-refractivity contribution in [2.45, 2.75) is 13.8 Å². The molecule has 0 aliphatic heterocycles. The molecule has 2 rings (SSSR count). The van der Waals surface area contributed by atoms with E-state index in [4.69, 9.17) is 21.4 Å². The molecule has 2 aromatic rings. The van der Waals surface area contributed by atoms with E-state index < -0.39 is 5.97 Å². The van der Waals surface area contributed by atoms with Crippen LogP contribution in [0, 0.1) is 13.8 Å². The first-order chi connectivity index (χ1) is 8.99. The van der Waals surface area contributed by atoms with Crippen molar-refractivity contribution in [2.24, 2.45) is 0 Å². The number of ether oxygens (including phenoxy) is 1. The van der Waals surface area contributed by atoms with Gasteiger partial charge in [-0.3, -0.25) is 0 Å². The van der Waals surface area contributed by atoms with Crippen LogP contribution in [0.3, 0.4) is 0 Å². The van der Waals surface area contributed by atoms with Crippen LogP contribution in [0.15, 0.2) is 36.4 Å². The summed E-state index contributed by atoms with van der Waals surface area (Å²) in [6.45, 7) is 3.90. The van der Waals surface area contributed by atoms with E-state index in [1.807, 2.05) is 26.0 Å². The third-order valence-corrected chi connectivity index (χ3v) is 3.18. The minimum absolute atomic E-state index is 0.0882. The van der Waals surface area contributed by atoms with Crippen LogP contribution in [0.1, 0.15) is 21.5 Å². The fourth-order valence-corrected chi connectivity index (χ4v) is 1.87. The number of benzene rings is 2. The van der Waals surface area contributed by atoms with Crippen molar-refractivity contribution in [1.82, 2.24) is 0 Å². The standard InChI is InChI=1S/C15H13ClO3/c1-9-4-3-5-13(10(9)2)19-14-8-11(16)6-7-12(14)15(17)18/h3-8H,1-2H3,(H,17,18). The van der Waals surface area contributed by atoms with Gasteiger partial charge >= 0.3 is 5.97 Å². The van der Waals surface area contributed by atoms with Crippen molar-refractivity contribution in [1.29, 1.82) is 0 Å². The lowest BCUT2D eigenvalue weighted by atomic mass is 10.1. The van der Waals surface area contributed by atoms with Crippen molar-refractivity contribution in [3.63, 3.8) is 0 Å². The molecule has 0 aromatic heterocycles. The molecule has 0 saturated carbocycles. The lowest BCUT2D eigenvalue weighted by Gasteiger charge is -2.12. The molecular formula is C15H13ClO3. The molecule has 2 aromatic carbocycles. The van der Waals surface area contributed by atoms with E-state index in [0.29, 0.717) is 10.8 Å². The van der Waals surface area contributed by atoms with E-state index in [1.165, 1.54) is 18.2 Å². The molecule has 0 heterocycles. The average molecular weight is 277 g/mol. The van der Waals surface area contributed by atoms with Gasteiger partial charge < -0.3 is 9.84 Å². The minimum Gasteiger partial charge on any atom is -0.478 e. The Morgan fingerprint density at radius 2 is 1.89 bits per heavy atom. The van der Waals surface area contributed by atoms with Gasteiger partial charge in [0.2, 0.25) is 0 Å². The van der Waals surface area contributed by atoms with E-state index in [2.05, 4.69) is 0 Å². The zero-order valence-corrected chi connectivity index (χ0v) is 11.4. The Hall–Kier alpha value is -2.00. The number of aromatic carboxylic acids is 1. The van der Waals surface area contributed by atoms with Crippen LogP contribution in [0.4, 0.5) is 0 Å². The van der Waals surface area contributed by atoms with Gasteiger partial charge in [0, 0.05) is 11.1 Å². The van der Waals surface area contributed by atoms with E-state index in [-0.39, 0.29) is 11.3 Å². The summed E-state index contributed by atoms with van der Waals surface area (Å²) in [6, 6.07) is 10.1. The molecule has 0 amide bonds. The predicted octanol–water partition coefficient (Wildman–Crippen LogP) is 4.45. The van der Waals surface area contributed by atoms with Crippen LogP contribution in [0.5, 0.6) is 11.5 Å². The van der Waals surface area contributed by atoms with E-state index >= 15 is 0 Å². The van der Waals surface area contributed by atoms with Crippen molar-refractivity contribution in [3.05, 3.63) is 58.1 Å². The smallest absolute Gasteiger partial charge is 0.339 e. The van der Waals surface area contributed by atoms with Crippen molar-refractivity contribution < 1.29 is 14.6 Å². The third-order valence-electron chi connectivity index (χ3n) is 2.95. The maximum atomic E-state index is 11.2. The first kappa shape index (κ1) is 13.4. The van der Waals surface area contributed by atoms with Crippen molar-refractivity contribution >= 4 is 17.6 Å². The number of carboxylic acid groups (broad SMARTS) is 1. The van der Waals surface area contributed by atoms with E-state index in [9.17, 15) is 4.79 Å². The van der Waals surface area contributed by atoms with Crippen LogP contribution >= 0.6 is 11.6 Å². The number of rotatable bonds is 3. The molecule has 0 atom stereocenters. The molecule has 0 fully saturated rings. The Balaban J connectivity index is 2.45. The number of halogens is 1. The molecule has 0 bridgehead atoms. The Bertz CT molecular complexity index is 635. The van der Waals surface area contributed by atoms with Gasteiger partial charge in [0.25, 0.3) is 0 Å². The van der Waals surface area contributed by atoms with Crippen LogP contribution < -0.4 is 4.74 Å². The summed E-state index contributed by atoms with van der Waals surface area (Å²) in [5.74, 6) is -0.171. The van der Waals surface area contributed by atoms with Gasteiger partial charge in [-0.05, 0) is 43.2 Å². The molecule has 0 aliphatic rings. The zero-order chi connectivity index (χ0) is 14.0. The monoisotopic (exact) mass is 276 g/mol. The highest BCUT2D eigenvalue weighted by Crippen LogP contribution is 2.31. The third kappa shape index (κ3) is 2.88. The molecule has 1 N–H and O–H groups in total. The van der Waals surface area contributed by atoms with Gasteiger partial charge in [0.05, 0.1) is 0 Å². The normalized spacial score (nSPS) is 10.3. The second-order valence-electron chi connectivity index (χ2n) is 4.25. The molecular weight excluding hydrogens is 264 g/mol. The maximum absolute atomic E-state index is 11.2. The van der Waals surface area contributed by atoms with Gasteiger partial charge in [-0.1, -0.05) is 23.7 Å². The molecule has 98 valence electrons. The molecule has 0 unspecified atom stereocenters. The van der Waals surface area contributed by atoms with Crippen molar-refractivity contribution in [3.8, 4) is 11.5 Å². The summed E-state index contributed by atoms with van der Waals surface area (Å²) < 4.78 is 5.70. The number of hydrogen-bond acceptors (Lipinski definition) is 2. The maximum Gasteiger partial charge on any atom is 0.339 e. The lowest BCUT2D eigenvalue weighted by Crippen LogP contribution is -2.00. The fourth-order valence-electron chi connectivity index (χ4n) is 1.71. The molecule has 0 saturated heterocycles. The Morgan fingerprint density at radius 3 is 2.58 bits per heavy atom.